The maximum absolute atomic E-state index is 15.0. The maximum Gasteiger partial charge on any atom is 0.254 e. The largest absolute Gasteiger partial charge is 0.363 e. The monoisotopic (exact) mass is 371 g/mol. The van der Waals surface area contributed by atoms with Gasteiger partial charge in [0.15, 0.2) is 11.6 Å². The molecule has 5 N–H and O–H groups in total. The number of nitrogens with two attached hydrogens (primary N) is 1. The smallest absolute Gasteiger partial charge is 0.254 e. The zero-order valence-electron chi connectivity index (χ0n) is 14.8. The van der Waals surface area contributed by atoms with E-state index in [2.05, 4.69) is 20.7 Å². The molecule has 9 heteroatoms. The highest BCUT2D eigenvalue weighted by Gasteiger charge is 2.32. The van der Waals surface area contributed by atoms with Crippen LogP contribution in [0.4, 0.5) is 10.2 Å². The Morgan fingerprint density at radius 2 is 2.26 bits per heavy atom. The second-order valence-electron chi connectivity index (χ2n) is 7.01. The van der Waals surface area contributed by atoms with E-state index in [9.17, 15) is 4.79 Å². The van der Waals surface area contributed by atoms with E-state index in [1.54, 1.807) is 17.1 Å². The minimum absolute atomic E-state index is 0.0441. The lowest BCUT2D eigenvalue weighted by molar-refractivity contribution is 0.0966. The van der Waals surface area contributed by atoms with Gasteiger partial charge in [0.1, 0.15) is 0 Å². The summed E-state index contributed by atoms with van der Waals surface area (Å²) < 4.78 is 16.6. The summed E-state index contributed by atoms with van der Waals surface area (Å²) in [7, 11) is 0. The number of nitrogens with one attached hydrogen (secondary N) is 3. The average molecular weight is 371 g/mol. The van der Waals surface area contributed by atoms with Crippen molar-refractivity contribution >= 4 is 17.9 Å². The van der Waals surface area contributed by atoms with E-state index in [1.165, 1.54) is 6.21 Å². The summed E-state index contributed by atoms with van der Waals surface area (Å²) >= 11 is 0. The van der Waals surface area contributed by atoms with Crippen LogP contribution in [0.1, 0.15) is 41.6 Å². The van der Waals surface area contributed by atoms with E-state index in [-0.39, 0.29) is 35.9 Å². The van der Waals surface area contributed by atoms with Crippen molar-refractivity contribution in [3.8, 4) is 11.3 Å². The van der Waals surface area contributed by atoms with E-state index < -0.39 is 5.82 Å². The number of anilines is 1. The van der Waals surface area contributed by atoms with Gasteiger partial charge in [-0.25, -0.2) is 9.37 Å². The minimum atomic E-state index is -0.503. The summed E-state index contributed by atoms with van der Waals surface area (Å²) in [5.41, 5.74) is 7.76. The molecular formula is C18H22FN7O. The van der Waals surface area contributed by atoms with Crippen LogP contribution in [-0.2, 0) is 13.1 Å². The summed E-state index contributed by atoms with van der Waals surface area (Å²) in [5.74, 6) is -0.716. The van der Waals surface area contributed by atoms with Crippen molar-refractivity contribution in [1.29, 1.82) is 5.41 Å². The van der Waals surface area contributed by atoms with E-state index in [0.29, 0.717) is 23.4 Å². The number of aromatic nitrogens is 3. The molecule has 4 rings (SSSR count). The Bertz CT molecular complexity index is 894. The number of halogens is 1. The third-order valence-corrected chi connectivity index (χ3v) is 5.21. The van der Waals surface area contributed by atoms with Crippen molar-refractivity contribution in [3.05, 3.63) is 29.3 Å². The van der Waals surface area contributed by atoms with Crippen LogP contribution in [-0.4, -0.2) is 39.0 Å². The Balaban J connectivity index is 1.76. The Morgan fingerprint density at radius 1 is 1.44 bits per heavy atom. The van der Waals surface area contributed by atoms with Crippen LogP contribution < -0.4 is 16.4 Å². The van der Waals surface area contributed by atoms with Gasteiger partial charge in [0.2, 0.25) is 0 Å². The van der Waals surface area contributed by atoms with Gasteiger partial charge in [-0.3, -0.25) is 9.48 Å². The number of hydrogen-bond acceptors (Lipinski definition) is 6. The zero-order valence-corrected chi connectivity index (χ0v) is 14.8. The molecule has 1 fully saturated rings. The summed E-state index contributed by atoms with van der Waals surface area (Å²) in [6.45, 7) is 0.452. The molecule has 1 aliphatic heterocycles. The number of fused-ring (bicyclic) bond motifs is 1. The number of amides is 1. The molecule has 3 heterocycles. The molecule has 2 aromatic heterocycles. The lowest BCUT2D eigenvalue weighted by Crippen LogP contribution is -2.43. The number of carbonyl (C=O) groups excluding carboxylic acids is 1. The number of rotatable bonds is 5. The van der Waals surface area contributed by atoms with Gasteiger partial charge in [-0.15, -0.1) is 0 Å². The number of pyridine rings is 1. The molecule has 0 radical (unpaired) electrons. The molecule has 2 atom stereocenters. The lowest BCUT2D eigenvalue weighted by Gasteiger charge is -2.30. The fourth-order valence-electron chi connectivity index (χ4n) is 3.78. The average Bonchev–Trinajstić information content (AvgIpc) is 3.27. The van der Waals surface area contributed by atoms with E-state index >= 15 is 4.39 Å². The van der Waals surface area contributed by atoms with Crippen molar-refractivity contribution in [2.75, 3.05) is 5.32 Å². The van der Waals surface area contributed by atoms with Crippen LogP contribution in [0, 0.1) is 11.2 Å². The predicted octanol–water partition coefficient (Wildman–Crippen LogP) is 1.66. The van der Waals surface area contributed by atoms with Gasteiger partial charge in [0.25, 0.3) is 5.91 Å². The molecule has 1 amide bonds. The summed E-state index contributed by atoms with van der Waals surface area (Å²) in [4.78, 5) is 16.7. The van der Waals surface area contributed by atoms with Crippen molar-refractivity contribution in [1.82, 2.24) is 20.1 Å². The van der Waals surface area contributed by atoms with Gasteiger partial charge in [-0.05, 0) is 12.8 Å². The summed E-state index contributed by atoms with van der Waals surface area (Å²) in [6.07, 6.45) is 8.38. The molecule has 2 aromatic rings. The first-order valence-electron chi connectivity index (χ1n) is 9.13. The van der Waals surface area contributed by atoms with Gasteiger partial charge in [0, 0.05) is 42.2 Å². The third-order valence-electron chi connectivity index (χ3n) is 5.21. The van der Waals surface area contributed by atoms with Crippen LogP contribution in [0.3, 0.4) is 0 Å². The molecule has 0 bridgehead atoms. The quantitative estimate of drug-likeness (QED) is 0.596. The highest BCUT2D eigenvalue weighted by Crippen LogP contribution is 2.33. The Hall–Kier alpha value is -2.81. The van der Waals surface area contributed by atoms with Crippen LogP contribution >= 0.6 is 0 Å². The molecule has 0 unspecified atom stereocenters. The first-order chi connectivity index (χ1) is 13.1. The molecule has 2 aliphatic rings. The fourth-order valence-corrected chi connectivity index (χ4v) is 3.78. The molecule has 1 saturated carbocycles. The maximum atomic E-state index is 15.0. The second kappa shape index (κ2) is 7.07. The van der Waals surface area contributed by atoms with Crippen molar-refractivity contribution < 1.29 is 9.18 Å². The molecule has 0 spiro atoms. The van der Waals surface area contributed by atoms with E-state index in [0.717, 1.165) is 25.7 Å². The van der Waals surface area contributed by atoms with Crippen molar-refractivity contribution in [2.45, 2.75) is 50.9 Å². The Labute approximate surface area is 155 Å². The number of hydrogen-bond donors (Lipinski definition) is 4. The second-order valence-corrected chi connectivity index (χ2v) is 7.01. The molecule has 8 nitrogen and oxygen atoms in total. The van der Waals surface area contributed by atoms with Gasteiger partial charge < -0.3 is 21.8 Å². The number of carbonyl (C=O) groups is 1. The zero-order chi connectivity index (χ0) is 19.0. The normalized spacial score (nSPS) is 21.6. The molecule has 0 aromatic carbocycles. The first-order valence-corrected chi connectivity index (χ1v) is 9.13. The van der Waals surface area contributed by atoms with Gasteiger partial charge in [0.05, 0.1) is 24.0 Å². The van der Waals surface area contributed by atoms with Crippen LogP contribution in [0.2, 0.25) is 0 Å². The van der Waals surface area contributed by atoms with Crippen LogP contribution in [0.25, 0.3) is 11.3 Å². The predicted molar refractivity (Wildman–Crippen MR) is 99.2 cm³/mol. The summed E-state index contributed by atoms with van der Waals surface area (Å²) in [5, 5.41) is 17.2. The standard InChI is InChI=1S/C18H22FN7O/c19-15-11-8-22-18(27)14(11)16(10-7-23-26(9-10)6-5-20)25-17(15)24-13-4-2-1-3-12(13)21/h5,7,9,12-13,20H,1-4,6,8,21H2,(H,22,27)(H,24,25)/t12-,13+/m0/s1. The molecule has 27 heavy (non-hydrogen) atoms. The van der Waals surface area contributed by atoms with E-state index in [1.807, 2.05) is 0 Å². The van der Waals surface area contributed by atoms with Gasteiger partial charge >= 0.3 is 0 Å². The molecule has 1 aliphatic carbocycles. The molecule has 0 saturated heterocycles. The van der Waals surface area contributed by atoms with Gasteiger partial charge in [-0.2, -0.15) is 5.10 Å². The van der Waals surface area contributed by atoms with Crippen LogP contribution in [0.15, 0.2) is 12.4 Å². The van der Waals surface area contributed by atoms with Crippen molar-refractivity contribution in [2.24, 2.45) is 5.73 Å². The SMILES string of the molecule is N=CCn1cc(-c2nc(N[C@@H]3CCCC[C@@H]3N)c(F)c3c2C(=O)NC3)cn1. The Morgan fingerprint density at radius 3 is 3.04 bits per heavy atom. The topological polar surface area (TPSA) is 122 Å². The molecular weight excluding hydrogens is 349 g/mol. The third kappa shape index (κ3) is 3.18. The minimum Gasteiger partial charge on any atom is -0.363 e. The molecule has 142 valence electrons. The van der Waals surface area contributed by atoms with Crippen molar-refractivity contribution in [3.63, 3.8) is 0 Å². The highest BCUT2D eigenvalue weighted by molar-refractivity contribution is 6.04. The first kappa shape index (κ1) is 17.6. The van der Waals surface area contributed by atoms with Crippen LogP contribution in [0.5, 0.6) is 0 Å². The van der Waals surface area contributed by atoms with Gasteiger partial charge in [-0.1, -0.05) is 12.8 Å². The number of nitrogens with zero attached hydrogens (tertiary/aromatic N) is 3. The lowest BCUT2D eigenvalue weighted by atomic mass is 9.91. The highest BCUT2D eigenvalue weighted by atomic mass is 19.1. The van der Waals surface area contributed by atoms with E-state index in [4.69, 9.17) is 11.1 Å². The Kier molecular flexibility index (Phi) is 4.61. The fraction of sp³-hybridized carbons (Fsp3) is 0.444. The summed E-state index contributed by atoms with van der Waals surface area (Å²) in [6, 6.07) is -0.0934.